The van der Waals surface area contributed by atoms with E-state index in [1.165, 1.54) is 29.0 Å². The minimum atomic E-state index is -0.371. The average Bonchev–Trinajstić information content (AvgIpc) is 3.57. The number of likely N-dealkylation sites (tertiary alicyclic amines) is 2. The van der Waals surface area contributed by atoms with E-state index in [0.717, 1.165) is 65.1 Å². The van der Waals surface area contributed by atoms with Crippen molar-refractivity contribution in [3.8, 4) is 11.3 Å². The zero-order valence-electron chi connectivity index (χ0n) is 23.3. The fourth-order valence-electron chi connectivity index (χ4n) is 5.82. The van der Waals surface area contributed by atoms with Gasteiger partial charge in [-0.2, -0.15) is 0 Å². The monoisotopic (exact) mass is 578 g/mol. The highest BCUT2D eigenvalue weighted by molar-refractivity contribution is 7.16. The number of nitrogens with zero attached hydrogens (tertiary/aromatic N) is 6. The first-order valence-corrected chi connectivity index (χ1v) is 15.0. The minimum Gasteiger partial charge on any atom is -0.391 e. The summed E-state index contributed by atoms with van der Waals surface area (Å²) in [6.45, 7) is 4.97. The fourth-order valence-corrected chi connectivity index (χ4v) is 6.73. The van der Waals surface area contributed by atoms with Gasteiger partial charge in [0.15, 0.2) is 5.13 Å². The second-order valence-corrected chi connectivity index (χ2v) is 12.0. The maximum Gasteiger partial charge on any atom is 0.236 e. The van der Waals surface area contributed by atoms with Gasteiger partial charge in [-0.3, -0.25) is 14.1 Å². The van der Waals surface area contributed by atoms with Gasteiger partial charge in [0.25, 0.3) is 0 Å². The molecule has 41 heavy (non-hydrogen) atoms. The first kappa shape index (κ1) is 27.8. The molecule has 1 aromatic carbocycles. The molecule has 216 valence electrons. The molecule has 0 spiro atoms. The summed E-state index contributed by atoms with van der Waals surface area (Å²) in [5, 5.41) is 20.3. The summed E-state index contributed by atoms with van der Waals surface area (Å²) in [7, 11) is 1.97. The number of rotatable bonds is 8. The number of anilines is 2. The maximum atomic E-state index is 13.5. The molecule has 3 aromatic heterocycles. The van der Waals surface area contributed by atoms with E-state index in [2.05, 4.69) is 34.6 Å². The van der Waals surface area contributed by atoms with Gasteiger partial charge in [0, 0.05) is 31.9 Å². The lowest BCUT2D eigenvalue weighted by atomic mass is 9.90. The Labute approximate surface area is 242 Å². The van der Waals surface area contributed by atoms with Crippen LogP contribution in [0.4, 0.5) is 15.3 Å². The number of thiazole rings is 1. The SMILES string of the molecule is CCc1nc2ccc(C3CCN(CC(=O)N4CC(O)C4)CC3)cn2c1N(C)c1nc(-c2ccc(F)cc2)c(CO)s1. The highest BCUT2D eigenvalue weighted by Gasteiger charge is 2.31. The van der Waals surface area contributed by atoms with Gasteiger partial charge in [0.05, 0.1) is 35.5 Å². The normalized spacial score (nSPS) is 16.9. The molecule has 6 rings (SSSR count). The number of hydrogen-bond donors (Lipinski definition) is 2. The van der Waals surface area contributed by atoms with Gasteiger partial charge in [0.2, 0.25) is 5.91 Å². The molecule has 9 nitrogen and oxygen atoms in total. The molecule has 0 radical (unpaired) electrons. The molecule has 2 fully saturated rings. The first-order valence-electron chi connectivity index (χ1n) is 14.1. The van der Waals surface area contributed by atoms with E-state index in [4.69, 9.17) is 9.97 Å². The van der Waals surface area contributed by atoms with Gasteiger partial charge in [-0.15, -0.1) is 0 Å². The van der Waals surface area contributed by atoms with E-state index in [9.17, 15) is 19.4 Å². The number of β-amino-alcohol motifs (C(OH)–C–C–N with tert-alkyl or cyclic N) is 1. The Hall–Kier alpha value is -3.38. The lowest BCUT2D eigenvalue weighted by molar-refractivity contribution is -0.142. The third-order valence-corrected chi connectivity index (χ3v) is 9.32. The van der Waals surface area contributed by atoms with Gasteiger partial charge in [0.1, 0.15) is 17.3 Å². The van der Waals surface area contributed by atoms with Crippen LogP contribution < -0.4 is 4.90 Å². The number of piperidine rings is 1. The van der Waals surface area contributed by atoms with Crippen LogP contribution in [0.5, 0.6) is 0 Å². The van der Waals surface area contributed by atoms with Crippen molar-refractivity contribution in [3.05, 3.63) is 64.5 Å². The number of fused-ring (bicyclic) bond motifs is 1. The van der Waals surface area contributed by atoms with E-state index >= 15 is 0 Å². The van der Waals surface area contributed by atoms with E-state index in [0.29, 0.717) is 31.2 Å². The predicted octanol–water partition coefficient (Wildman–Crippen LogP) is 3.80. The molecule has 0 aliphatic carbocycles. The Morgan fingerprint density at radius 3 is 2.51 bits per heavy atom. The van der Waals surface area contributed by atoms with Crippen molar-refractivity contribution in [1.82, 2.24) is 24.2 Å². The Morgan fingerprint density at radius 1 is 1.12 bits per heavy atom. The fraction of sp³-hybridized carbons (Fsp3) is 0.433. The summed E-state index contributed by atoms with van der Waals surface area (Å²) >= 11 is 1.42. The summed E-state index contributed by atoms with van der Waals surface area (Å²) in [6, 6.07) is 10.4. The van der Waals surface area contributed by atoms with Crippen LogP contribution in [0.3, 0.4) is 0 Å². The van der Waals surface area contributed by atoms with Crippen molar-refractivity contribution in [2.24, 2.45) is 0 Å². The molecule has 0 saturated carbocycles. The molecular weight excluding hydrogens is 543 g/mol. The molecule has 2 aliphatic heterocycles. The smallest absolute Gasteiger partial charge is 0.236 e. The van der Waals surface area contributed by atoms with Crippen molar-refractivity contribution < 1.29 is 19.4 Å². The number of imidazole rings is 1. The highest BCUT2D eigenvalue weighted by Crippen LogP contribution is 2.38. The summed E-state index contributed by atoms with van der Waals surface area (Å²) in [5.41, 5.74) is 4.48. The topological polar surface area (TPSA) is 97.4 Å². The molecular formula is C30H35FN6O3S. The van der Waals surface area contributed by atoms with Crippen LogP contribution in [0.1, 0.15) is 41.8 Å². The van der Waals surface area contributed by atoms with Crippen molar-refractivity contribution >= 4 is 33.8 Å². The number of aliphatic hydroxyl groups is 2. The second-order valence-electron chi connectivity index (χ2n) is 10.9. The highest BCUT2D eigenvalue weighted by atomic mass is 32.1. The molecule has 0 atom stereocenters. The van der Waals surface area contributed by atoms with Crippen molar-refractivity contribution in [3.63, 3.8) is 0 Å². The van der Waals surface area contributed by atoms with Crippen LogP contribution in [0.2, 0.25) is 0 Å². The van der Waals surface area contributed by atoms with Crippen LogP contribution >= 0.6 is 11.3 Å². The zero-order chi connectivity index (χ0) is 28.7. The summed E-state index contributed by atoms with van der Waals surface area (Å²) in [6.07, 6.45) is 4.50. The number of benzene rings is 1. The van der Waals surface area contributed by atoms with Crippen molar-refractivity contribution in [1.29, 1.82) is 0 Å². The molecule has 4 aromatic rings. The summed E-state index contributed by atoms with van der Waals surface area (Å²) in [4.78, 5) is 28.9. The minimum absolute atomic E-state index is 0.0995. The Morgan fingerprint density at radius 2 is 1.85 bits per heavy atom. The van der Waals surface area contributed by atoms with E-state index in [1.807, 2.05) is 11.9 Å². The maximum absolute atomic E-state index is 13.5. The molecule has 11 heteroatoms. The quantitative estimate of drug-likeness (QED) is 0.328. The van der Waals surface area contributed by atoms with Crippen molar-refractivity contribution in [2.45, 2.75) is 44.8 Å². The average molecular weight is 579 g/mol. The Kier molecular flexibility index (Phi) is 7.78. The number of amides is 1. The van der Waals surface area contributed by atoms with E-state index in [-0.39, 0.29) is 24.4 Å². The van der Waals surface area contributed by atoms with Crippen LogP contribution in [0, 0.1) is 5.82 Å². The van der Waals surface area contributed by atoms with Gasteiger partial charge in [-0.25, -0.2) is 14.4 Å². The molecule has 2 N–H and O–H groups in total. The Bertz CT molecular complexity index is 1540. The van der Waals surface area contributed by atoms with Crippen molar-refractivity contribution in [2.75, 3.05) is 44.7 Å². The van der Waals surface area contributed by atoms with Crippen LogP contribution in [0.15, 0.2) is 42.6 Å². The van der Waals surface area contributed by atoms with Gasteiger partial charge < -0.3 is 20.0 Å². The standard InChI is InChI=1S/C30H35FN6O3S/c1-3-24-29(34(2)30-33-28(25(18-38)41-30)20-4-7-22(31)8-5-20)37-14-21(6-9-26(37)32-24)19-10-12-35(13-11-19)17-27(40)36-15-23(39)16-36/h4-9,14,19,23,38-39H,3,10-13,15-18H2,1-2H3. The number of aryl methyl sites for hydroxylation is 1. The number of hydrogen-bond acceptors (Lipinski definition) is 8. The molecule has 0 bridgehead atoms. The predicted molar refractivity (Wildman–Crippen MR) is 157 cm³/mol. The first-order chi connectivity index (χ1) is 19.8. The third kappa shape index (κ3) is 5.46. The summed E-state index contributed by atoms with van der Waals surface area (Å²) in [5.74, 6) is 1.11. The second kappa shape index (κ2) is 11.5. The van der Waals surface area contributed by atoms with Crippen LogP contribution in [-0.4, -0.2) is 86.2 Å². The van der Waals surface area contributed by atoms with Crippen LogP contribution in [0.25, 0.3) is 16.9 Å². The van der Waals surface area contributed by atoms with Gasteiger partial charge in [-0.05, 0) is 74.2 Å². The number of carbonyl (C=O) groups excluding carboxylic acids is 1. The third-order valence-electron chi connectivity index (χ3n) is 8.21. The molecule has 0 unspecified atom stereocenters. The zero-order valence-corrected chi connectivity index (χ0v) is 24.1. The van der Waals surface area contributed by atoms with E-state index in [1.54, 1.807) is 17.0 Å². The van der Waals surface area contributed by atoms with Gasteiger partial charge in [-0.1, -0.05) is 24.3 Å². The van der Waals surface area contributed by atoms with Crippen LogP contribution in [-0.2, 0) is 17.8 Å². The lowest BCUT2D eigenvalue weighted by Crippen LogP contribution is -2.56. The number of carbonyl (C=O) groups is 1. The lowest BCUT2D eigenvalue weighted by Gasteiger charge is -2.38. The van der Waals surface area contributed by atoms with Gasteiger partial charge >= 0.3 is 0 Å². The molecule has 2 saturated heterocycles. The molecule has 2 aliphatic rings. The molecule has 5 heterocycles. The number of aliphatic hydroxyl groups excluding tert-OH is 2. The number of pyridine rings is 1. The number of aromatic nitrogens is 3. The largest absolute Gasteiger partial charge is 0.391 e. The Balaban J connectivity index is 1.23. The van der Waals surface area contributed by atoms with E-state index < -0.39 is 0 Å². The summed E-state index contributed by atoms with van der Waals surface area (Å²) < 4.78 is 15.7. The molecule has 1 amide bonds. The number of halogens is 1.